The largest absolute Gasteiger partial charge is 0.480 e. The highest BCUT2D eigenvalue weighted by atomic mass is 32.1. The van der Waals surface area contributed by atoms with Crippen molar-refractivity contribution in [3.05, 3.63) is 31.3 Å². The van der Waals surface area contributed by atoms with E-state index >= 15 is 0 Å². The van der Waals surface area contributed by atoms with Crippen LogP contribution < -0.4 is 11.2 Å². The Labute approximate surface area is 111 Å². The first-order valence-corrected chi connectivity index (χ1v) is 6.78. The minimum atomic E-state index is -1.19. The molecule has 0 atom stereocenters. The molecule has 2 aromatic rings. The zero-order valence-corrected chi connectivity index (χ0v) is 11.1. The molecule has 0 saturated carbocycles. The Bertz CT molecular complexity index is 812. The van der Waals surface area contributed by atoms with Crippen LogP contribution in [0.2, 0.25) is 0 Å². The molecule has 0 unspecified atom stereocenters. The van der Waals surface area contributed by atoms with Crippen molar-refractivity contribution >= 4 is 27.5 Å². The van der Waals surface area contributed by atoms with E-state index in [1.807, 2.05) is 0 Å². The van der Waals surface area contributed by atoms with Crippen molar-refractivity contribution in [1.82, 2.24) is 9.13 Å². The third kappa shape index (κ3) is 1.65. The second-order valence-electron chi connectivity index (χ2n) is 4.66. The Kier molecular flexibility index (Phi) is 2.60. The lowest BCUT2D eigenvalue weighted by atomic mass is 10.2. The molecule has 0 amide bonds. The highest BCUT2D eigenvalue weighted by Crippen LogP contribution is 2.34. The Morgan fingerprint density at radius 1 is 1.37 bits per heavy atom. The Hall–Kier alpha value is -1.89. The van der Waals surface area contributed by atoms with Crippen molar-refractivity contribution < 1.29 is 9.90 Å². The van der Waals surface area contributed by atoms with Crippen LogP contribution in [0.15, 0.2) is 9.59 Å². The van der Waals surface area contributed by atoms with Crippen LogP contribution in [0.4, 0.5) is 0 Å². The van der Waals surface area contributed by atoms with E-state index in [1.54, 1.807) is 7.05 Å². The van der Waals surface area contributed by atoms with Gasteiger partial charge in [0.2, 0.25) is 0 Å². The summed E-state index contributed by atoms with van der Waals surface area (Å²) in [5.74, 6) is -1.19. The fourth-order valence-electron chi connectivity index (χ4n) is 2.61. The quantitative estimate of drug-likeness (QED) is 0.860. The predicted octanol–water partition coefficient (Wildman–Crippen LogP) is 0.335. The number of hydrogen-bond acceptors (Lipinski definition) is 4. The van der Waals surface area contributed by atoms with E-state index in [2.05, 4.69) is 0 Å². The second kappa shape index (κ2) is 4.06. The summed E-state index contributed by atoms with van der Waals surface area (Å²) < 4.78 is 2.18. The van der Waals surface area contributed by atoms with Gasteiger partial charge in [-0.25, -0.2) is 9.36 Å². The van der Waals surface area contributed by atoms with Crippen LogP contribution in [0.25, 0.3) is 10.2 Å². The zero-order valence-electron chi connectivity index (χ0n) is 10.3. The monoisotopic (exact) mass is 280 g/mol. The van der Waals surface area contributed by atoms with Crippen molar-refractivity contribution in [2.24, 2.45) is 7.05 Å². The summed E-state index contributed by atoms with van der Waals surface area (Å²) in [6.45, 7) is -0.591. The van der Waals surface area contributed by atoms with Crippen molar-refractivity contribution in [3.63, 3.8) is 0 Å². The molecule has 0 radical (unpaired) electrons. The number of aromatic nitrogens is 2. The molecule has 0 aromatic carbocycles. The van der Waals surface area contributed by atoms with Crippen molar-refractivity contribution in [2.45, 2.75) is 25.8 Å². The van der Waals surface area contributed by atoms with Gasteiger partial charge in [0.15, 0.2) is 0 Å². The average molecular weight is 280 g/mol. The van der Waals surface area contributed by atoms with E-state index in [-0.39, 0.29) is 0 Å². The third-order valence-electron chi connectivity index (χ3n) is 3.48. The van der Waals surface area contributed by atoms with Crippen LogP contribution in [0.1, 0.15) is 16.9 Å². The standard InChI is InChI=1S/C12H12N2O4S/c1-13-11-9(6-3-2-4-7(6)19-11)10(17)14(12(13)18)5-8(15)16/h2-5H2,1H3,(H,15,16). The molecule has 1 N–H and O–H groups in total. The van der Waals surface area contributed by atoms with Crippen molar-refractivity contribution in [2.75, 3.05) is 0 Å². The number of nitrogens with zero attached hydrogens (tertiary/aromatic N) is 2. The minimum absolute atomic E-state index is 0.472. The normalized spacial score (nSPS) is 13.9. The molecular formula is C12H12N2O4S. The van der Waals surface area contributed by atoms with Gasteiger partial charge in [-0.05, 0) is 24.8 Å². The molecule has 2 aromatic heterocycles. The van der Waals surface area contributed by atoms with Crippen LogP contribution in [-0.4, -0.2) is 20.2 Å². The zero-order chi connectivity index (χ0) is 13.7. The summed E-state index contributed by atoms with van der Waals surface area (Å²) in [6, 6.07) is 0. The summed E-state index contributed by atoms with van der Waals surface area (Å²) in [5.41, 5.74) is -0.0422. The van der Waals surface area contributed by atoms with E-state index < -0.39 is 23.8 Å². The molecule has 3 rings (SSSR count). The number of aryl methyl sites for hydroxylation is 3. The first kappa shape index (κ1) is 12.2. The number of aliphatic carboxylic acids is 1. The number of rotatable bonds is 2. The topological polar surface area (TPSA) is 81.3 Å². The molecular weight excluding hydrogens is 268 g/mol. The van der Waals surface area contributed by atoms with Crippen molar-refractivity contribution in [1.29, 1.82) is 0 Å². The molecule has 0 fully saturated rings. The molecule has 19 heavy (non-hydrogen) atoms. The third-order valence-corrected chi connectivity index (χ3v) is 4.85. The maximum Gasteiger partial charge on any atom is 0.332 e. The van der Waals surface area contributed by atoms with Gasteiger partial charge in [0.1, 0.15) is 11.4 Å². The van der Waals surface area contributed by atoms with Gasteiger partial charge in [-0.3, -0.25) is 14.2 Å². The summed E-state index contributed by atoms with van der Waals surface area (Å²) in [5, 5.41) is 9.35. The molecule has 1 aliphatic carbocycles. The van der Waals surface area contributed by atoms with Crippen molar-refractivity contribution in [3.8, 4) is 0 Å². The summed E-state index contributed by atoms with van der Waals surface area (Å²) >= 11 is 1.47. The number of thiophene rings is 1. The maximum atomic E-state index is 12.4. The lowest BCUT2D eigenvalue weighted by Crippen LogP contribution is -2.40. The molecule has 100 valence electrons. The minimum Gasteiger partial charge on any atom is -0.480 e. The van der Waals surface area contributed by atoms with Gasteiger partial charge in [-0.15, -0.1) is 11.3 Å². The predicted molar refractivity (Wildman–Crippen MR) is 71.0 cm³/mol. The van der Waals surface area contributed by atoms with Gasteiger partial charge in [0.05, 0.1) is 5.39 Å². The summed E-state index contributed by atoms with van der Waals surface area (Å²) in [7, 11) is 1.58. The van der Waals surface area contributed by atoms with Gasteiger partial charge in [0.25, 0.3) is 5.56 Å². The molecule has 6 nitrogen and oxygen atoms in total. The summed E-state index contributed by atoms with van der Waals surface area (Å²) in [4.78, 5) is 37.0. The molecule has 2 heterocycles. The lowest BCUT2D eigenvalue weighted by molar-refractivity contribution is -0.137. The SMILES string of the molecule is Cn1c(=O)n(CC(=O)O)c(=O)c2c3c(sc21)CCC3. The maximum absolute atomic E-state index is 12.4. The van der Waals surface area contributed by atoms with E-state index in [4.69, 9.17) is 5.11 Å². The van der Waals surface area contributed by atoms with Crippen LogP contribution in [0.3, 0.4) is 0 Å². The number of carbonyl (C=O) groups is 1. The van der Waals surface area contributed by atoms with Crippen LogP contribution in [0, 0.1) is 0 Å². The number of carboxylic acid groups (broad SMARTS) is 1. The van der Waals surface area contributed by atoms with Gasteiger partial charge in [-0.1, -0.05) is 0 Å². The molecule has 0 spiro atoms. The van der Waals surface area contributed by atoms with Crippen LogP contribution in [0.5, 0.6) is 0 Å². The molecule has 0 bridgehead atoms. The molecule has 7 heteroatoms. The molecule has 0 saturated heterocycles. The fourth-order valence-corrected chi connectivity index (χ4v) is 3.95. The smallest absolute Gasteiger partial charge is 0.332 e. The van der Waals surface area contributed by atoms with E-state index in [1.165, 1.54) is 15.9 Å². The van der Waals surface area contributed by atoms with Crippen LogP contribution >= 0.6 is 11.3 Å². The van der Waals surface area contributed by atoms with E-state index in [0.29, 0.717) is 10.2 Å². The number of fused-ring (bicyclic) bond motifs is 3. The van der Waals surface area contributed by atoms with Crippen LogP contribution in [-0.2, 0) is 31.2 Å². The van der Waals surface area contributed by atoms with E-state index in [0.717, 1.165) is 34.3 Å². The first-order valence-electron chi connectivity index (χ1n) is 5.96. The van der Waals surface area contributed by atoms with Gasteiger partial charge in [-0.2, -0.15) is 0 Å². The number of carboxylic acids is 1. The Balaban J connectivity index is 2.44. The second-order valence-corrected chi connectivity index (χ2v) is 5.75. The van der Waals surface area contributed by atoms with Gasteiger partial charge >= 0.3 is 11.7 Å². The Morgan fingerprint density at radius 2 is 2.11 bits per heavy atom. The summed E-state index contributed by atoms with van der Waals surface area (Å²) in [6.07, 6.45) is 2.77. The highest BCUT2D eigenvalue weighted by molar-refractivity contribution is 7.18. The highest BCUT2D eigenvalue weighted by Gasteiger charge is 2.23. The van der Waals surface area contributed by atoms with Gasteiger partial charge < -0.3 is 5.11 Å². The number of hydrogen-bond donors (Lipinski definition) is 1. The molecule has 0 aliphatic heterocycles. The van der Waals surface area contributed by atoms with Gasteiger partial charge in [0, 0.05) is 11.9 Å². The Morgan fingerprint density at radius 3 is 2.79 bits per heavy atom. The lowest BCUT2D eigenvalue weighted by Gasteiger charge is -2.06. The fraction of sp³-hybridized carbons (Fsp3) is 0.417. The molecule has 1 aliphatic rings. The average Bonchev–Trinajstić information content (AvgIpc) is 2.91. The first-order chi connectivity index (χ1) is 9.00. The van der Waals surface area contributed by atoms with E-state index in [9.17, 15) is 14.4 Å².